The molecule has 0 aliphatic carbocycles. The standard InChI is InChI=1S/C11H17N3O2/c1-14(7-11(13)15)6-8-5-9(12)3-4-10(8)16-2/h3-5H,6-7,12H2,1-2H3,(H2,13,15). The van der Waals surface area contributed by atoms with Crippen LogP contribution in [0.1, 0.15) is 5.56 Å². The number of primary amides is 1. The van der Waals surface area contributed by atoms with Gasteiger partial charge >= 0.3 is 0 Å². The van der Waals surface area contributed by atoms with Crippen LogP contribution in [0.25, 0.3) is 0 Å². The lowest BCUT2D eigenvalue weighted by molar-refractivity contribution is -0.118. The molecule has 1 rings (SSSR count). The largest absolute Gasteiger partial charge is 0.496 e. The van der Waals surface area contributed by atoms with E-state index >= 15 is 0 Å². The van der Waals surface area contributed by atoms with Gasteiger partial charge in [-0.15, -0.1) is 0 Å². The van der Waals surface area contributed by atoms with Crippen molar-refractivity contribution in [1.82, 2.24) is 4.90 Å². The quantitative estimate of drug-likeness (QED) is 0.698. The number of amides is 1. The topological polar surface area (TPSA) is 81.6 Å². The Morgan fingerprint density at radius 3 is 2.75 bits per heavy atom. The van der Waals surface area contributed by atoms with Gasteiger partial charge in [0.25, 0.3) is 0 Å². The second-order valence-corrected chi connectivity index (χ2v) is 3.71. The van der Waals surface area contributed by atoms with E-state index in [9.17, 15) is 4.79 Å². The maximum Gasteiger partial charge on any atom is 0.231 e. The molecule has 16 heavy (non-hydrogen) atoms. The van der Waals surface area contributed by atoms with Crippen molar-refractivity contribution < 1.29 is 9.53 Å². The van der Waals surface area contributed by atoms with Crippen molar-refractivity contribution in [2.75, 3.05) is 26.4 Å². The fraction of sp³-hybridized carbons (Fsp3) is 0.364. The van der Waals surface area contributed by atoms with E-state index in [4.69, 9.17) is 16.2 Å². The van der Waals surface area contributed by atoms with Gasteiger partial charge in [0.05, 0.1) is 13.7 Å². The summed E-state index contributed by atoms with van der Waals surface area (Å²) in [4.78, 5) is 12.6. The monoisotopic (exact) mass is 223 g/mol. The van der Waals surface area contributed by atoms with Crippen molar-refractivity contribution in [1.29, 1.82) is 0 Å². The van der Waals surface area contributed by atoms with Gasteiger partial charge in [0.15, 0.2) is 0 Å². The van der Waals surface area contributed by atoms with Crippen molar-refractivity contribution in [2.24, 2.45) is 5.73 Å². The van der Waals surface area contributed by atoms with Crippen LogP contribution in [-0.4, -0.2) is 31.5 Å². The number of carbonyl (C=O) groups is 1. The van der Waals surface area contributed by atoms with E-state index in [1.54, 1.807) is 18.1 Å². The highest BCUT2D eigenvalue weighted by Crippen LogP contribution is 2.22. The number of nitrogen functional groups attached to an aromatic ring is 1. The van der Waals surface area contributed by atoms with E-state index in [0.29, 0.717) is 12.2 Å². The van der Waals surface area contributed by atoms with E-state index in [-0.39, 0.29) is 12.5 Å². The fourth-order valence-corrected chi connectivity index (χ4v) is 1.53. The SMILES string of the molecule is COc1ccc(N)cc1CN(C)CC(N)=O. The molecule has 0 saturated heterocycles. The molecule has 0 aliphatic rings. The second kappa shape index (κ2) is 5.37. The summed E-state index contributed by atoms with van der Waals surface area (Å²) in [7, 11) is 3.41. The average molecular weight is 223 g/mol. The zero-order valence-corrected chi connectivity index (χ0v) is 9.56. The van der Waals surface area contributed by atoms with E-state index < -0.39 is 0 Å². The minimum atomic E-state index is -0.356. The molecule has 0 aromatic heterocycles. The first-order valence-corrected chi connectivity index (χ1v) is 4.92. The molecular weight excluding hydrogens is 206 g/mol. The number of nitrogens with zero attached hydrogens (tertiary/aromatic N) is 1. The number of methoxy groups -OCH3 is 1. The molecule has 0 heterocycles. The zero-order valence-electron chi connectivity index (χ0n) is 9.56. The summed E-state index contributed by atoms with van der Waals surface area (Å²) in [5.41, 5.74) is 12.4. The third kappa shape index (κ3) is 3.43. The predicted octanol–water partition coefficient (Wildman–Crippen LogP) is 0.195. The Balaban J connectivity index is 2.78. The van der Waals surface area contributed by atoms with Gasteiger partial charge in [-0.25, -0.2) is 0 Å². The molecule has 4 N–H and O–H groups in total. The van der Waals surface area contributed by atoms with Crippen LogP contribution in [0.5, 0.6) is 5.75 Å². The Morgan fingerprint density at radius 1 is 1.50 bits per heavy atom. The van der Waals surface area contributed by atoms with Gasteiger partial charge in [0, 0.05) is 17.8 Å². The van der Waals surface area contributed by atoms with Gasteiger partial charge in [-0.3, -0.25) is 9.69 Å². The molecular formula is C11H17N3O2. The van der Waals surface area contributed by atoms with Crippen molar-refractivity contribution in [3.05, 3.63) is 23.8 Å². The van der Waals surface area contributed by atoms with Crippen LogP contribution < -0.4 is 16.2 Å². The summed E-state index contributed by atoms with van der Waals surface area (Å²) >= 11 is 0. The molecule has 0 aliphatic heterocycles. The molecule has 0 saturated carbocycles. The first-order chi connectivity index (χ1) is 7.52. The number of benzene rings is 1. The molecule has 1 aromatic carbocycles. The van der Waals surface area contributed by atoms with Gasteiger partial charge in [0.2, 0.25) is 5.91 Å². The zero-order chi connectivity index (χ0) is 12.1. The Kier molecular flexibility index (Phi) is 4.13. The minimum absolute atomic E-state index is 0.206. The molecule has 1 amide bonds. The van der Waals surface area contributed by atoms with E-state index in [1.807, 2.05) is 19.2 Å². The van der Waals surface area contributed by atoms with Gasteiger partial charge in [-0.1, -0.05) is 0 Å². The smallest absolute Gasteiger partial charge is 0.231 e. The number of hydrogen-bond donors (Lipinski definition) is 2. The minimum Gasteiger partial charge on any atom is -0.496 e. The van der Waals surface area contributed by atoms with Gasteiger partial charge < -0.3 is 16.2 Å². The van der Waals surface area contributed by atoms with E-state index in [1.165, 1.54) is 0 Å². The summed E-state index contributed by atoms with van der Waals surface area (Å²) in [6.07, 6.45) is 0. The molecule has 0 bridgehead atoms. The highest BCUT2D eigenvalue weighted by molar-refractivity contribution is 5.75. The van der Waals surface area contributed by atoms with Crippen LogP contribution in [0.3, 0.4) is 0 Å². The maximum absolute atomic E-state index is 10.7. The lowest BCUT2D eigenvalue weighted by atomic mass is 10.1. The van der Waals surface area contributed by atoms with Crippen molar-refractivity contribution in [2.45, 2.75) is 6.54 Å². The Bertz CT molecular complexity index is 379. The van der Waals surface area contributed by atoms with Crippen LogP contribution in [0, 0.1) is 0 Å². The van der Waals surface area contributed by atoms with Crippen molar-refractivity contribution in [3.8, 4) is 5.75 Å². The maximum atomic E-state index is 10.7. The summed E-state index contributed by atoms with van der Waals surface area (Å²) in [5.74, 6) is 0.399. The molecule has 0 fully saturated rings. The third-order valence-electron chi connectivity index (χ3n) is 2.17. The van der Waals surface area contributed by atoms with Gasteiger partial charge in [-0.05, 0) is 25.2 Å². The second-order valence-electron chi connectivity index (χ2n) is 3.71. The lowest BCUT2D eigenvalue weighted by Gasteiger charge is -2.17. The first-order valence-electron chi connectivity index (χ1n) is 4.92. The fourth-order valence-electron chi connectivity index (χ4n) is 1.53. The van der Waals surface area contributed by atoms with E-state index in [0.717, 1.165) is 11.3 Å². The summed E-state index contributed by atoms with van der Waals surface area (Å²) in [5, 5.41) is 0. The number of ether oxygens (including phenoxy) is 1. The Labute approximate surface area is 95.0 Å². The molecule has 1 aromatic rings. The molecule has 0 atom stereocenters. The Morgan fingerprint density at radius 2 is 2.19 bits per heavy atom. The highest BCUT2D eigenvalue weighted by Gasteiger charge is 2.08. The normalized spacial score (nSPS) is 10.4. The van der Waals surface area contributed by atoms with Crippen LogP contribution in [0.2, 0.25) is 0 Å². The lowest BCUT2D eigenvalue weighted by Crippen LogP contribution is -2.30. The number of hydrogen-bond acceptors (Lipinski definition) is 4. The third-order valence-corrected chi connectivity index (χ3v) is 2.17. The summed E-state index contributed by atoms with van der Waals surface area (Å²) in [6.45, 7) is 0.773. The molecule has 0 unspecified atom stereocenters. The highest BCUT2D eigenvalue weighted by atomic mass is 16.5. The molecule has 88 valence electrons. The predicted molar refractivity (Wildman–Crippen MR) is 62.9 cm³/mol. The summed E-state index contributed by atoms with van der Waals surface area (Å²) < 4.78 is 5.21. The van der Waals surface area contributed by atoms with Crippen molar-refractivity contribution >= 4 is 11.6 Å². The molecule has 0 radical (unpaired) electrons. The van der Waals surface area contributed by atoms with Crippen LogP contribution in [0.15, 0.2) is 18.2 Å². The van der Waals surface area contributed by atoms with Gasteiger partial charge in [-0.2, -0.15) is 0 Å². The average Bonchev–Trinajstić information content (AvgIpc) is 2.16. The molecule has 5 nitrogen and oxygen atoms in total. The van der Waals surface area contributed by atoms with Gasteiger partial charge in [0.1, 0.15) is 5.75 Å². The number of likely N-dealkylation sites (N-methyl/N-ethyl adjacent to an activating group) is 1. The number of nitrogens with two attached hydrogens (primary N) is 2. The van der Waals surface area contributed by atoms with Crippen LogP contribution in [0.4, 0.5) is 5.69 Å². The Hall–Kier alpha value is -1.75. The number of carbonyl (C=O) groups excluding carboxylic acids is 1. The molecule has 5 heteroatoms. The van der Waals surface area contributed by atoms with E-state index in [2.05, 4.69) is 0 Å². The molecule has 0 spiro atoms. The number of anilines is 1. The van der Waals surface area contributed by atoms with Crippen molar-refractivity contribution in [3.63, 3.8) is 0 Å². The van der Waals surface area contributed by atoms with Crippen LogP contribution in [-0.2, 0) is 11.3 Å². The summed E-state index contributed by atoms with van der Waals surface area (Å²) in [6, 6.07) is 5.41. The van der Waals surface area contributed by atoms with Crippen LogP contribution >= 0.6 is 0 Å². The number of rotatable bonds is 5. The first kappa shape index (κ1) is 12.3.